The average molecular weight is 508 g/mol. The fourth-order valence-corrected chi connectivity index (χ4v) is 5.27. The van der Waals surface area contributed by atoms with Gasteiger partial charge in [0.25, 0.3) is 5.56 Å². The number of thiazole rings is 1. The van der Waals surface area contributed by atoms with Gasteiger partial charge in [0.15, 0.2) is 16.3 Å². The lowest BCUT2D eigenvalue weighted by atomic mass is 9.95. The van der Waals surface area contributed by atoms with Gasteiger partial charge in [-0.05, 0) is 43.7 Å². The molecule has 9 heteroatoms. The summed E-state index contributed by atoms with van der Waals surface area (Å²) in [5.74, 6) is 0.618. The highest BCUT2D eigenvalue weighted by molar-refractivity contribution is 7.07. The van der Waals surface area contributed by atoms with Gasteiger partial charge in [-0.15, -0.1) is 0 Å². The molecule has 1 aliphatic rings. The van der Waals surface area contributed by atoms with Gasteiger partial charge in [-0.1, -0.05) is 35.6 Å². The van der Waals surface area contributed by atoms with E-state index < -0.39 is 12.0 Å². The number of fused-ring (bicyclic) bond motifs is 1. The number of benzene rings is 2. The lowest BCUT2D eigenvalue weighted by Gasteiger charge is -2.25. The predicted octanol–water partition coefficient (Wildman–Crippen LogP) is 2.88. The van der Waals surface area contributed by atoms with Gasteiger partial charge in [0.1, 0.15) is 0 Å². The first-order valence-corrected chi connectivity index (χ1v) is 12.3. The standard InChI is InChI=1S/C27H29N3O5S/c1-7-35-26(32)22-16(2)28-27-30(23(22)17-11-13-19(14-12-17)29(3)4)25(31)21(36-27)15-18-9-8-10-20(33-5)24(18)34-6/h8-15,23H,7H2,1-6H3. The van der Waals surface area contributed by atoms with Gasteiger partial charge in [0, 0.05) is 25.3 Å². The molecule has 3 aromatic rings. The second kappa shape index (κ2) is 10.4. The molecule has 0 fully saturated rings. The SMILES string of the molecule is CCOC(=O)C1=C(C)N=c2sc(=Cc3cccc(OC)c3OC)c(=O)n2C1c1ccc(N(C)C)cc1. The smallest absolute Gasteiger partial charge is 0.338 e. The van der Waals surface area contributed by atoms with Gasteiger partial charge in [0.2, 0.25) is 0 Å². The molecule has 1 aliphatic heterocycles. The van der Waals surface area contributed by atoms with Crippen LogP contribution in [0.2, 0.25) is 0 Å². The minimum absolute atomic E-state index is 0.224. The highest BCUT2D eigenvalue weighted by Crippen LogP contribution is 2.33. The number of anilines is 1. The zero-order valence-corrected chi connectivity index (χ0v) is 22.0. The van der Waals surface area contributed by atoms with Crippen LogP contribution in [0.25, 0.3) is 6.08 Å². The molecule has 1 aromatic heterocycles. The second-order valence-corrected chi connectivity index (χ2v) is 9.38. The lowest BCUT2D eigenvalue weighted by molar-refractivity contribution is -0.139. The lowest BCUT2D eigenvalue weighted by Crippen LogP contribution is -2.40. The van der Waals surface area contributed by atoms with E-state index in [4.69, 9.17) is 14.2 Å². The van der Waals surface area contributed by atoms with Crippen LogP contribution < -0.4 is 29.3 Å². The Morgan fingerprint density at radius 3 is 2.47 bits per heavy atom. The first kappa shape index (κ1) is 25.2. The normalized spacial score (nSPS) is 15.3. The number of rotatable bonds is 7. The van der Waals surface area contributed by atoms with Gasteiger partial charge in [-0.2, -0.15) is 0 Å². The van der Waals surface area contributed by atoms with E-state index in [1.54, 1.807) is 44.8 Å². The van der Waals surface area contributed by atoms with Crippen LogP contribution in [0.1, 0.15) is 31.0 Å². The summed E-state index contributed by atoms with van der Waals surface area (Å²) < 4.78 is 18.3. The van der Waals surface area contributed by atoms with Crippen molar-refractivity contribution in [2.75, 3.05) is 39.8 Å². The number of hydrogen-bond acceptors (Lipinski definition) is 8. The summed E-state index contributed by atoms with van der Waals surface area (Å²) in [4.78, 5) is 34.0. The van der Waals surface area contributed by atoms with Crippen LogP contribution in [-0.4, -0.2) is 45.5 Å². The molecule has 0 aliphatic carbocycles. The van der Waals surface area contributed by atoms with Crippen molar-refractivity contribution in [1.29, 1.82) is 0 Å². The maximum absolute atomic E-state index is 13.8. The minimum Gasteiger partial charge on any atom is -0.493 e. The fraction of sp³-hybridized carbons (Fsp3) is 0.296. The van der Waals surface area contributed by atoms with Crippen molar-refractivity contribution < 1.29 is 19.0 Å². The number of hydrogen-bond donors (Lipinski definition) is 0. The first-order chi connectivity index (χ1) is 17.3. The summed E-state index contributed by atoms with van der Waals surface area (Å²) in [6.07, 6.45) is 1.76. The van der Waals surface area contributed by atoms with Gasteiger partial charge in [-0.25, -0.2) is 9.79 Å². The second-order valence-electron chi connectivity index (χ2n) is 8.37. The third kappa shape index (κ3) is 4.54. The van der Waals surface area contributed by atoms with E-state index in [1.807, 2.05) is 55.4 Å². The van der Waals surface area contributed by atoms with E-state index in [0.29, 0.717) is 37.7 Å². The molecule has 0 saturated heterocycles. The molecule has 0 bridgehead atoms. The van der Waals surface area contributed by atoms with E-state index >= 15 is 0 Å². The topological polar surface area (TPSA) is 82.4 Å². The molecule has 0 saturated carbocycles. The molecule has 2 aromatic carbocycles. The maximum atomic E-state index is 13.8. The predicted molar refractivity (Wildman–Crippen MR) is 141 cm³/mol. The number of para-hydroxylation sites is 1. The fourth-order valence-electron chi connectivity index (χ4n) is 4.23. The summed E-state index contributed by atoms with van der Waals surface area (Å²) in [5, 5.41) is 0. The van der Waals surface area contributed by atoms with Crippen molar-refractivity contribution in [3.63, 3.8) is 0 Å². The molecule has 0 spiro atoms. The minimum atomic E-state index is -0.661. The highest BCUT2D eigenvalue weighted by atomic mass is 32.1. The highest BCUT2D eigenvalue weighted by Gasteiger charge is 2.33. The Hall–Kier alpha value is -3.85. The Morgan fingerprint density at radius 1 is 1.14 bits per heavy atom. The number of methoxy groups -OCH3 is 2. The van der Waals surface area contributed by atoms with E-state index in [1.165, 1.54) is 11.3 Å². The number of ether oxygens (including phenoxy) is 3. The van der Waals surface area contributed by atoms with E-state index in [0.717, 1.165) is 11.3 Å². The monoisotopic (exact) mass is 507 g/mol. The quantitative estimate of drug-likeness (QED) is 0.458. The molecule has 188 valence electrons. The van der Waals surface area contributed by atoms with Crippen LogP contribution in [-0.2, 0) is 9.53 Å². The van der Waals surface area contributed by atoms with Crippen LogP contribution in [0.15, 0.2) is 63.5 Å². The van der Waals surface area contributed by atoms with Crippen molar-refractivity contribution in [2.45, 2.75) is 19.9 Å². The Balaban J connectivity index is 1.95. The van der Waals surface area contributed by atoms with E-state index in [9.17, 15) is 9.59 Å². The van der Waals surface area contributed by atoms with Crippen molar-refractivity contribution in [2.24, 2.45) is 4.99 Å². The molecule has 0 N–H and O–H groups in total. The third-order valence-corrected chi connectivity index (χ3v) is 6.95. The Kier molecular flexibility index (Phi) is 7.30. The van der Waals surface area contributed by atoms with Gasteiger partial charge < -0.3 is 19.1 Å². The van der Waals surface area contributed by atoms with Crippen molar-refractivity contribution in [3.8, 4) is 11.5 Å². The molecular weight excluding hydrogens is 478 g/mol. The van der Waals surface area contributed by atoms with Gasteiger partial charge in [0.05, 0.1) is 42.7 Å². The third-order valence-electron chi connectivity index (χ3n) is 5.96. The summed E-state index contributed by atoms with van der Waals surface area (Å²) in [5.41, 5.74) is 3.14. The average Bonchev–Trinajstić information content (AvgIpc) is 3.17. The number of carbonyl (C=O) groups excluding carboxylic acids is 1. The molecule has 1 atom stereocenters. The van der Waals surface area contributed by atoms with Gasteiger partial charge >= 0.3 is 5.97 Å². The number of carbonyl (C=O) groups is 1. The Bertz CT molecular complexity index is 1500. The maximum Gasteiger partial charge on any atom is 0.338 e. The molecule has 0 radical (unpaired) electrons. The number of nitrogens with zero attached hydrogens (tertiary/aromatic N) is 3. The van der Waals surface area contributed by atoms with Crippen molar-refractivity contribution in [3.05, 3.63) is 84.5 Å². The molecule has 0 amide bonds. The molecule has 2 heterocycles. The molecule has 1 unspecified atom stereocenters. The van der Waals surface area contributed by atoms with E-state index in [2.05, 4.69) is 4.99 Å². The molecular formula is C27H29N3O5S. The van der Waals surface area contributed by atoms with Crippen LogP contribution in [0, 0.1) is 0 Å². The number of esters is 1. The van der Waals surface area contributed by atoms with Crippen LogP contribution in [0.5, 0.6) is 11.5 Å². The summed E-state index contributed by atoms with van der Waals surface area (Å²) >= 11 is 1.26. The summed E-state index contributed by atoms with van der Waals surface area (Å²) in [6.45, 7) is 3.75. The largest absolute Gasteiger partial charge is 0.493 e. The molecule has 36 heavy (non-hydrogen) atoms. The zero-order chi connectivity index (χ0) is 26.0. The molecule has 8 nitrogen and oxygen atoms in total. The number of allylic oxidation sites excluding steroid dienone is 1. The number of aromatic nitrogens is 1. The van der Waals surface area contributed by atoms with Crippen LogP contribution in [0.4, 0.5) is 5.69 Å². The van der Waals surface area contributed by atoms with Crippen LogP contribution >= 0.6 is 11.3 Å². The first-order valence-electron chi connectivity index (χ1n) is 11.5. The van der Waals surface area contributed by atoms with Gasteiger partial charge in [-0.3, -0.25) is 9.36 Å². The molecule has 4 rings (SSSR count). The van der Waals surface area contributed by atoms with Crippen LogP contribution in [0.3, 0.4) is 0 Å². The Labute approximate surface area is 213 Å². The Morgan fingerprint density at radius 2 is 1.86 bits per heavy atom. The van der Waals surface area contributed by atoms with Crippen molar-refractivity contribution in [1.82, 2.24) is 4.57 Å². The summed E-state index contributed by atoms with van der Waals surface area (Å²) in [6, 6.07) is 12.6. The van der Waals surface area contributed by atoms with Crippen molar-refractivity contribution >= 4 is 29.1 Å². The van der Waals surface area contributed by atoms with E-state index in [-0.39, 0.29) is 12.2 Å². The summed E-state index contributed by atoms with van der Waals surface area (Å²) in [7, 11) is 7.04. The zero-order valence-electron chi connectivity index (χ0n) is 21.2.